The summed E-state index contributed by atoms with van der Waals surface area (Å²) in [6, 6.07) is 9.07. The predicted molar refractivity (Wildman–Crippen MR) is 109 cm³/mol. The van der Waals surface area contributed by atoms with Gasteiger partial charge in [-0.15, -0.1) is 11.3 Å². The van der Waals surface area contributed by atoms with Crippen molar-refractivity contribution < 1.29 is 14.4 Å². The molecular formula is C21H23N3O3S. The molecule has 1 atom stereocenters. The van der Waals surface area contributed by atoms with Crippen LogP contribution in [-0.2, 0) is 16.0 Å². The third-order valence-corrected chi connectivity index (χ3v) is 6.51. The van der Waals surface area contributed by atoms with Gasteiger partial charge in [-0.1, -0.05) is 0 Å². The first-order valence-corrected chi connectivity index (χ1v) is 10.5. The van der Waals surface area contributed by atoms with E-state index < -0.39 is 0 Å². The van der Waals surface area contributed by atoms with E-state index in [0.29, 0.717) is 18.5 Å². The van der Waals surface area contributed by atoms with Crippen LogP contribution in [0.5, 0.6) is 0 Å². The summed E-state index contributed by atoms with van der Waals surface area (Å²) in [7, 11) is 0. The van der Waals surface area contributed by atoms with E-state index in [-0.39, 0.29) is 30.3 Å². The molecule has 1 aromatic carbocycles. The van der Waals surface area contributed by atoms with Gasteiger partial charge in [-0.2, -0.15) is 0 Å². The molecule has 2 aliphatic heterocycles. The minimum atomic E-state index is -0.284. The van der Waals surface area contributed by atoms with Gasteiger partial charge in [0, 0.05) is 35.6 Å². The van der Waals surface area contributed by atoms with Crippen LogP contribution in [0.1, 0.15) is 46.6 Å². The maximum atomic E-state index is 12.6. The third-order valence-electron chi connectivity index (χ3n) is 5.51. The summed E-state index contributed by atoms with van der Waals surface area (Å²) in [6.07, 6.45) is 2.31. The van der Waals surface area contributed by atoms with Crippen LogP contribution >= 0.6 is 11.3 Å². The Balaban J connectivity index is 1.34. The standard InChI is InChI=1S/C21H23N3O3S/c1-14-17-9-12-28-18(17)8-11-23(14)20(26)13-22-21(27)15-4-6-16(7-5-15)24-10-2-3-19(24)25/h4-7,9,12,14H,2-3,8,10-11,13H2,1H3,(H,22,27). The van der Waals surface area contributed by atoms with Crippen LogP contribution in [0.25, 0.3) is 0 Å². The molecule has 4 rings (SSSR count). The summed E-state index contributed by atoms with van der Waals surface area (Å²) >= 11 is 1.74. The fourth-order valence-corrected chi connectivity index (χ4v) is 4.89. The minimum Gasteiger partial charge on any atom is -0.343 e. The average Bonchev–Trinajstić information content (AvgIpc) is 3.35. The highest BCUT2D eigenvalue weighted by molar-refractivity contribution is 7.10. The Morgan fingerprint density at radius 2 is 1.93 bits per heavy atom. The largest absolute Gasteiger partial charge is 0.343 e. The van der Waals surface area contributed by atoms with Gasteiger partial charge >= 0.3 is 0 Å². The molecule has 0 bridgehead atoms. The van der Waals surface area contributed by atoms with E-state index >= 15 is 0 Å². The number of carbonyl (C=O) groups excluding carboxylic acids is 3. The summed E-state index contributed by atoms with van der Waals surface area (Å²) in [4.78, 5) is 41.7. The molecule has 0 radical (unpaired) electrons. The van der Waals surface area contributed by atoms with Gasteiger partial charge in [0.25, 0.3) is 5.91 Å². The number of rotatable bonds is 4. The number of amides is 3. The first-order chi connectivity index (χ1) is 13.5. The number of anilines is 1. The summed E-state index contributed by atoms with van der Waals surface area (Å²) in [5.74, 6) is -0.238. The van der Waals surface area contributed by atoms with Crippen molar-refractivity contribution in [1.82, 2.24) is 10.2 Å². The van der Waals surface area contributed by atoms with Gasteiger partial charge in [0.2, 0.25) is 11.8 Å². The first-order valence-electron chi connectivity index (χ1n) is 9.59. The molecule has 2 aliphatic rings. The van der Waals surface area contributed by atoms with Crippen LogP contribution < -0.4 is 10.2 Å². The second-order valence-electron chi connectivity index (χ2n) is 7.19. The maximum Gasteiger partial charge on any atom is 0.251 e. The molecule has 0 saturated carbocycles. The lowest BCUT2D eigenvalue weighted by Crippen LogP contribution is -2.44. The van der Waals surface area contributed by atoms with E-state index in [1.165, 1.54) is 10.4 Å². The summed E-state index contributed by atoms with van der Waals surface area (Å²) in [6.45, 7) is 3.42. The van der Waals surface area contributed by atoms with Gasteiger partial charge in [-0.3, -0.25) is 14.4 Å². The van der Waals surface area contributed by atoms with Crippen LogP contribution in [0.4, 0.5) is 5.69 Å². The number of carbonyl (C=O) groups is 3. The zero-order valence-corrected chi connectivity index (χ0v) is 16.6. The van der Waals surface area contributed by atoms with Gasteiger partial charge in [-0.05, 0) is 61.0 Å². The Labute approximate surface area is 168 Å². The number of hydrogen-bond donors (Lipinski definition) is 1. The van der Waals surface area contributed by atoms with Gasteiger partial charge in [0.15, 0.2) is 0 Å². The van der Waals surface area contributed by atoms with Crippen molar-refractivity contribution in [3.63, 3.8) is 0 Å². The normalized spacial score (nSPS) is 18.9. The van der Waals surface area contributed by atoms with E-state index in [1.807, 2.05) is 11.8 Å². The monoisotopic (exact) mass is 397 g/mol. The smallest absolute Gasteiger partial charge is 0.251 e. The molecule has 28 heavy (non-hydrogen) atoms. The Morgan fingerprint density at radius 1 is 1.14 bits per heavy atom. The number of nitrogens with one attached hydrogen (secondary N) is 1. The Hall–Kier alpha value is -2.67. The van der Waals surface area contributed by atoms with Crippen molar-refractivity contribution in [3.8, 4) is 0 Å². The highest BCUT2D eigenvalue weighted by Crippen LogP contribution is 2.32. The summed E-state index contributed by atoms with van der Waals surface area (Å²) in [5, 5.41) is 4.79. The maximum absolute atomic E-state index is 12.6. The molecule has 1 N–H and O–H groups in total. The summed E-state index contributed by atoms with van der Waals surface area (Å²) in [5.41, 5.74) is 2.50. The molecule has 0 aliphatic carbocycles. The highest BCUT2D eigenvalue weighted by Gasteiger charge is 2.28. The fourth-order valence-electron chi connectivity index (χ4n) is 3.92. The average molecular weight is 398 g/mol. The van der Waals surface area contributed by atoms with E-state index in [1.54, 1.807) is 40.5 Å². The number of thiophene rings is 1. The molecule has 2 aromatic rings. The van der Waals surface area contributed by atoms with Crippen molar-refractivity contribution in [2.24, 2.45) is 0 Å². The van der Waals surface area contributed by atoms with Crippen LogP contribution in [-0.4, -0.2) is 42.3 Å². The van der Waals surface area contributed by atoms with Crippen molar-refractivity contribution in [3.05, 3.63) is 51.7 Å². The Bertz CT molecular complexity index is 906. The molecule has 1 unspecified atom stereocenters. The minimum absolute atomic E-state index is 0.0188. The molecule has 1 aromatic heterocycles. The molecule has 1 saturated heterocycles. The van der Waals surface area contributed by atoms with Crippen molar-refractivity contribution in [2.75, 3.05) is 24.5 Å². The molecule has 0 spiro atoms. The molecular weight excluding hydrogens is 374 g/mol. The van der Waals surface area contributed by atoms with E-state index in [4.69, 9.17) is 0 Å². The quantitative estimate of drug-likeness (QED) is 0.862. The van der Waals surface area contributed by atoms with Crippen LogP contribution in [0.2, 0.25) is 0 Å². The van der Waals surface area contributed by atoms with E-state index in [9.17, 15) is 14.4 Å². The summed E-state index contributed by atoms with van der Waals surface area (Å²) < 4.78 is 0. The number of benzene rings is 1. The van der Waals surface area contributed by atoms with Crippen molar-refractivity contribution in [2.45, 2.75) is 32.2 Å². The first kappa shape index (κ1) is 18.7. The number of hydrogen-bond acceptors (Lipinski definition) is 4. The van der Waals surface area contributed by atoms with Gasteiger partial charge < -0.3 is 15.1 Å². The molecule has 146 valence electrons. The molecule has 3 amide bonds. The Kier molecular flexibility index (Phi) is 5.17. The van der Waals surface area contributed by atoms with Crippen molar-refractivity contribution >= 4 is 34.7 Å². The van der Waals surface area contributed by atoms with Gasteiger partial charge in [-0.25, -0.2) is 0 Å². The third kappa shape index (κ3) is 3.54. The molecule has 1 fully saturated rings. The van der Waals surface area contributed by atoms with Crippen LogP contribution in [0.15, 0.2) is 35.7 Å². The van der Waals surface area contributed by atoms with E-state index in [2.05, 4.69) is 16.8 Å². The lowest BCUT2D eigenvalue weighted by atomic mass is 10.0. The van der Waals surface area contributed by atoms with E-state index in [0.717, 1.165) is 25.1 Å². The van der Waals surface area contributed by atoms with Crippen LogP contribution in [0, 0.1) is 0 Å². The predicted octanol–water partition coefficient (Wildman–Crippen LogP) is 2.75. The van der Waals surface area contributed by atoms with Crippen molar-refractivity contribution in [1.29, 1.82) is 0 Å². The lowest BCUT2D eigenvalue weighted by molar-refractivity contribution is -0.132. The highest BCUT2D eigenvalue weighted by atomic mass is 32.1. The number of nitrogens with zero attached hydrogens (tertiary/aromatic N) is 2. The number of fused-ring (bicyclic) bond motifs is 1. The second-order valence-corrected chi connectivity index (χ2v) is 8.19. The topological polar surface area (TPSA) is 69.7 Å². The zero-order chi connectivity index (χ0) is 19.7. The second kappa shape index (κ2) is 7.75. The molecule has 6 nitrogen and oxygen atoms in total. The Morgan fingerprint density at radius 3 is 2.64 bits per heavy atom. The lowest BCUT2D eigenvalue weighted by Gasteiger charge is -2.33. The van der Waals surface area contributed by atoms with Crippen LogP contribution in [0.3, 0.4) is 0 Å². The zero-order valence-electron chi connectivity index (χ0n) is 15.8. The van der Waals surface area contributed by atoms with Gasteiger partial charge in [0.05, 0.1) is 12.6 Å². The van der Waals surface area contributed by atoms with Gasteiger partial charge in [0.1, 0.15) is 0 Å². The SMILES string of the molecule is CC1c2ccsc2CCN1C(=O)CNC(=O)c1ccc(N2CCCC2=O)cc1. The molecule has 7 heteroatoms. The molecule has 3 heterocycles. The fraction of sp³-hybridized carbons (Fsp3) is 0.381.